The Kier molecular flexibility index (Phi) is 6.11. The molecule has 0 heterocycles. The molecule has 0 fully saturated rings. The summed E-state index contributed by atoms with van der Waals surface area (Å²) < 4.78 is 8.04. The van der Waals surface area contributed by atoms with E-state index in [1.165, 1.54) is 0 Å². The SMILES string of the molecule is CCCOP(CC(C)(C)C)N(C)C. The number of hydrogen-bond acceptors (Lipinski definition) is 2. The van der Waals surface area contributed by atoms with Crippen molar-refractivity contribution in [2.24, 2.45) is 5.41 Å². The highest BCUT2D eigenvalue weighted by Crippen LogP contribution is 2.44. The van der Waals surface area contributed by atoms with Gasteiger partial charge in [0.1, 0.15) is 8.30 Å². The van der Waals surface area contributed by atoms with Crippen molar-refractivity contribution >= 4 is 8.30 Å². The second-order valence-corrected chi connectivity index (χ2v) is 6.83. The summed E-state index contributed by atoms with van der Waals surface area (Å²) in [4.78, 5) is 0. The van der Waals surface area contributed by atoms with Crippen LogP contribution >= 0.6 is 8.30 Å². The van der Waals surface area contributed by atoms with Gasteiger partial charge in [-0.3, -0.25) is 4.67 Å². The molecule has 0 aromatic heterocycles. The van der Waals surface area contributed by atoms with Gasteiger partial charge in [0.05, 0.1) is 6.61 Å². The van der Waals surface area contributed by atoms with Crippen molar-refractivity contribution in [3.63, 3.8) is 0 Å². The minimum Gasteiger partial charge on any atom is -0.344 e. The fourth-order valence-corrected chi connectivity index (χ4v) is 2.71. The van der Waals surface area contributed by atoms with Gasteiger partial charge < -0.3 is 4.52 Å². The molecule has 0 radical (unpaired) electrons. The van der Waals surface area contributed by atoms with Crippen LogP contribution in [0.5, 0.6) is 0 Å². The van der Waals surface area contributed by atoms with Gasteiger partial charge in [0.25, 0.3) is 0 Å². The van der Waals surface area contributed by atoms with Crippen LogP contribution in [0.4, 0.5) is 0 Å². The molecule has 0 aliphatic rings. The highest BCUT2D eigenvalue weighted by atomic mass is 31.2. The van der Waals surface area contributed by atoms with Crippen LogP contribution in [0.3, 0.4) is 0 Å². The van der Waals surface area contributed by atoms with E-state index in [0.717, 1.165) is 19.2 Å². The van der Waals surface area contributed by atoms with Gasteiger partial charge in [-0.05, 0) is 25.9 Å². The fraction of sp³-hybridized carbons (Fsp3) is 1.00. The minimum absolute atomic E-state index is 0.365. The van der Waals surface area contributed by atoms with Crippen LogP contribution in [0.1, 0.15) is 34.1 Å². The van der Waals surface area contributed by atoms with Gasteiger partial charge in [0.2, 0.25) is 0 Å². The summed E-state index contributed by atoms with van der Waals surface area (Å²) in [6.45, 7) is 9.84. The molecule has 3 heteroatoms. The third-order valence-corrected chi connectivity index (χ3v) is 4.09. The lowest BCUT2D eigenvalue weighted by Gasteiger charge is -2.29. The van der Waals surface area contributed by atoms with Crippen molar-refractivity contribution in [2.45, 2.75) is 34.1 Å². The second kappa shape index (κ2) is 5.95. The van der Waals surface area contributed by atoms with Crippen LogP contribution in [-0.4, -0.2) is 31.5 Å². The molecule has 0 saturated carbocycles. The Morgan fingerprint density at radius 2 is 1.77 bits per heavy atom. The normalized spacial score (nSPS) is 15.0. The van der Waals surface area contributed by atoms with Gasteiger partial charge >= 0.3 is 0 Å². The molecular weight excluding hydrogens is 181 g/mol. The summed E-state index contributed by atoms with van der Waals surface area (Å²) in [7, 11) is 3.83. The summed E-state index contributed by atoms with van der Waals surface area (Å²) >= 11 is 0. The molecule has 0 aliphatic heterocycles. The van der Waals surface area contributed by atoms with E-state index in [1.807, 2.05) is 0 Å². The van der Waals surface area contributed by atoms with Crippen molar-refractivity contribution in [1.29, 1.82) is 0 Å². The largest absolute Gasteiger partial charge is 0.344 e. The molecule has 0 rings (SSSR count). The first-order valence-electron chi connectivity index (χ1n) is 4.94. The molecule has 0 N–H and O–H groups in total. The Hall–Kier alpha value is 0.350. The average Bonchev–Trinajstić information content (AvgIpc) is 1.95. The lowest BCUT2D eigenvalue weighted by molar-refractivity contribution is 0.315. The molecular formula is C10H24NOP. The molecule has 0 spiro atoms. The van der Waals surface area contributed by atoms with Crippen LogP contribution in [-0.2, 0) is 4.52 Å². The van der Waals surface area contributed by atoms with Crippen LogP contribution in [0.25, 0.3) is 0 Å². The van der Waals surface area contributed by atoms with E-state index in [1.54, 1.807) is 0 Å². The van der Waals surface area contributed by atoms with E-state index < -0.39 is 0 Å². The molecule has 0 aromatic carbocycles. The third kappa shape index (κ3) is 7.42. The van der Waals surface area contributed by atoms with Crippen molar-refractivity contribution in [3.8, 4) is 0 Å². The molecule has 0 amide bonds. The first-order chi connectivity index (χ1) is 5.87. The minimum atomic E-state index is -0.380. The van der Waals surface area contributed by atoms with Crippen LogP contribution in [0.15, 0.2) is 0 Å². The van der Waals surface area contributed by atoms with Crippen molar-refractivity contribution in [1.82, 2.24) is 4.67 Å². The first kappa shape index (κ1) is 13.4. The molecule has 0 bridgehead atoms. The van der Waals surface area contributed by atoms with Gasteiger partial charge in [-0.15, -0.1) is 0 Å². The van der Waals surface area contributed by atoms with Crippen LogP contribution in [0, 0.1) is 5.41 Å². The maximum Gasteiger partial charge on any atom is 0.104 e. The third-order valence-electron chi connectivity index (χ3n) is 1.50. The van der Waals surface area contributed by atoms with E-state index >= 15 is 0 Å². The Morgan fingerprint density at radius 3 is 2.08 bits per heavy atom. The number of hydrogen-bond donors (Lipinski definition) is 0. The standard InChI is InChI=1S/C10H24NOP/c1-7-8-12-13(11(5)6)9-10(2,3)4/h7-9H2,1-6H3. The predicted octanol–water partition coefficient (Wildman–Crippen LogP) is 3.33. The molecule has 80 valence electrons. The van der Waals surface area contributed by atoms with E-state index in [-0.39, 0.29) is 8.30 Å². The first-order valence-corrected chi connectivity index (χ1v) is 6.34. The smallest absolute Gasteiger partial charge is 0.104 e. The zero-order valence-corrected chi connectivity index (χ0v) is 10.8. The summed E-state index contributed by atoms with van der Waals surface area (Å²) in [5, 5.41) is 0. The molecule has 0 aliphatic carbocycles. The van der Waals surface area contributed by atoms with Gasteiger partial charge in [-0.1, -0.05) is 27.7 Å². The van der Waals surface area contributed by atoms with E-state index in [0.29, 0.717) is 5.41 Å². The summed E-state index contributed by atoms with van der Waals surface area (Å²) in [6, 6.07) is 0. The Labute approximate surface area is 84.5 Å². The lowest BCUT2D eigenvalue weighted by atomic mass is 10.0. The maximum absolute atomic E-state index is 5.82. The monoisotopic (exact) mass is 205 g/mol. The zero-order chi connectivity index (χ0) is 10.5. The molecule has 0 aromatic rings. The van der Waals surface area contributed by atoms with E-state index in [4.69, 9.17) is 4.52 Å². The van der Waals surface area contributed by atoms with Crippen LogP contribution in [0.2, 0.25) is 0 Å². The van der Waals surface area contributed by atoms with E-state index in [2.05, 4.69) is 46.5 Å². The summed E-state index contributed by atoms with van der Waals surface area (Å²) in [5.74, 6) is 0. The topological polar surface area (TPSA) is 12.5 Å². The molecule has 1 unspecified atom stereocenters. The second-order valence-electron chi connectivity index (χ2n) is 4.75. The Bertz CT molecular complexity index is 131. The Morgan fingerprint density at radius 1 is 1.23 bits per heavy atom. The Balaban J connectivity index is 3.95. The number of rotatable bonds is 5. The van der Waals surface area contributed by atoms with Gasteiger partial charge in [-0.2, -0.15) is 0 Å². The van der Waals surface area contributed by atoms with Gasteiger partial charge in [0.15, 0.2) is 0 Å². The quantitative estimate of drug-likeness (QED) is 0.638. The predicted molar refractivity (Wildman–Crippen MR) is 61.2 cm³/mol. The molecule has 1 atom stereocenters. The van der Waals surface area contributed by atoms with E-state index in [9.17, 15) is 0 Å². The van der Waals surface area contributed by atoms with Crippen LogP contribution < -0.4 is 0 Å². The fourth-order valence-electron chi connectivity index (χ4n) is 0.905. The van der Waals surface area contributed by atoms with Crippen molar-refractivity contribution in [3.05, 3.63) is 0 Å². The lowest BCUT2D eigenvalue weighted by Crippen LogP contribution is -2.18. The summed E-state index contributed by atoms with van der Waals surface area (Å²) in [5.41, 5.74) is 0.365. The molecule has 0 saturated heterocycles. The van der Waals surface area contributed by atoms with Crippen molar-refractivity contribution < 1.29 is 4.52 Å². The molecule has 2 nitrogen and oxygen atoms in total. The maximum atomic E-state index is 5.82. The number of nitrogens with zero attached hydrogens (tertiary/aromatic N) is 1. The highest BCUT2D eigenvalue weighted by Gasteiger charge is 2.20. The summed E-state index contributed by atoms with van der Waals surface area (Å²) in [6.07, 6.45) is 2.26. The van der Waals surface area contributed by atoms with Gasteiger partial charge in [0, 0.05) is 6.16 Å². The zero-order valence-electron chi connectivity index (χ0n) is 9.92. The molecule has 13 heavy (non-hydrogen) atoms. The van der Waals surface area contributed by atoms with Crippen molar-refractivity contribution in [2.75, 3.05) is 26.9 Å². The average molecular weight is 205 g/mol. The van der Waals surface area contributed by atoms with Gasteiger partial charge in [-0.25, -0.2) is 0 Å². The highest BCUT2D eigenvalue weighted by molar-refractivity contribution is 7.49.